The fraction of sp³-hybridized carbons (Fsp3) is 0.929. The number of aliphatic carboxylic acids is 1. The van der Waals surface area contributed by atoms with Gasteiger partial charge in [0.1, 0.15) is 0 Å². The number of carboxylic acids is 1. The molecule has 2 unspecified atom stereocenters. The van der Waals surface area contributed by atoms with Gasteiger partial charge in [0.15, 0.2) is 0 Å². The standard InChI is InChI=1S/C14H28N2O2/c1-11(2)16(8-5-6-14(17)18)13-7-9-15(4)12(3)10-13/h11-13H,5-10H2,1-4H3,(H,17,18). The zero-order valence-corrected chi connectivity index (χ0v) is 12.2. The molecule has 0 spiro atoms. The Bertz CT molecular complexity index is 269. The molecule has 1 heterocycles. The Balaban J connectivity index is 2.48. The van der Waals surface area contributed by atoms with Gasteiger partial charge in [0.2, 0.25) is 0 Å². The Morgan fingerprint density at radius 3 is 2.67 bits per heavy atom. The summed E-state index contributed by atoms with van der Waals surface area (Å²) >= 11 is 0. The minimum absolute atomic E-state index is 0.283. The molecule has 1 aliphatic heterocycles. The summed E-state index contributed by atoms with van der Waals surface area (Å²) in [6.45, 7) is 8.76. The van der Waals surface area contributed by atoms with Crippen LogP contribution in [0, 0.1) is 0 Å². The molecule has 0 aromatic heterocycles. The Hall–Kier alpha value is -0.610. The van der Waals surface area contributed by atoms with Gasteiger partial charge in [-0.3, -0.25) is 9.69 Å². The van der Waals surface area contributed by atoms with Crippen molar-refractivity contribution in [2.24, 2.45) is 0 Å². The zero-order valence-electron chi connectivity index (χ0n) is 12.2. The molecule has 18 heavy (non-hydrogen) atoms. The summed E-state index contributed by atoms with van der Waals surface area (Å²) in [6.07, 6.45) is 3.44. The van der Waals surface area contributed by atoms with Crippen LogP contribution in [0.3, 0.4) is 0 Å². The Kier molecular flexibility index (Phi) is 6.09. The molecule has 0 bridgehead atoms. The third-order valence-corrected chi connectivity index (χ3v) is 4.12. The van der Waals surface area contributed by atoms with Gasteiger partial charge in [-0.1, -0.05) is 0 Å². The van der Waals surface area contributed by atoms with Crippen molar-refractivity contribution < 1.29 is 9.90 Å². The lowest BCUT2D eigenvalue weighted by Gasteiger charge is -2.42. The molecule has 1 rings (SSSR count). The van der Waals surface area contributed by atoms with E-state index in [0.717, 1.165) is 19.5 Å². The Morgan fingerprint density at radius 1 is 1.50 bits per heavy atom. The van der Waals surface area contributed by atoms with E-state index in [1.807, 2.05) is 0 Å². The van der Waals surface area contributed by atoms with Crippen molar-refractivity contribution in [2.75, 3.05) is 20.1 Å². The first kappa shape index (κ1) is 15.4. The fourth-order valence-electron chi connectivity index (χ4n) is 2.84. The molecular formula is C14H28N2O2. The molecule has 0 aromatic rings. The molecule has 1 saturated heterocycles. The highest BCUT2D eigenvalue weighted by Crippen LogP contribution is 2.22. The smallest absolute Gasteiger partial charge is 0.303 e. The van der Waals surface area contributed by atoms with Crippen LogP contribution in [0.25, 0.3) is 0 Å². The highest BCUT2D eigenvalue weighted by Gasteiger charge is 2.28. The minimum atomic E-state index is -0.685. The summed E-state index contributed by atoms with van der Waals surface area (Å²) in [5.41, 5.74) is 0. The number of hydrogen-bond donors (Lipinski definition) is 1. The highest BCUT2D eigenvalue weighted by molar-refractivity contribution is 5.66. The molecule has 1 fully saturated rings. The summed E-state index contributed by atoms with van der Waals surface area (Å²) in [7, 11) is 2.19. The first-order valence-corrected chi connectivity index (χ1v) is 7.09. The lowest BCUT2D eigenvalue weighted by atomic mass is 9.96. The second-order valence-corrected chi connectivity index (χ2v) is 5.84. The van der Waals surface area contributed by atoms with Crippen molar-refractivity contribution in [2.45, 2.75) is 64.6 Å². The van der Waals surface area contributed by atoms with Crippen molar-refractivity contribution in [3.8, 4) is 0 Å². The van der Waals surface area contributed by atoms with E-state index >= 15 is 0 Å². The Morgan fingerprint density at radius 2 is 2.17 bits per heavy atom. The number of likely N-dealkylation sites (tertiary alicyclic amines) is 1. The molecule has 4 nitrogen and oxygen atoms in total. The molecular weight excluding hydrogens is 228 g/mol. The summed E-state index contributed by atoms with van der Waals surface area (Å²) in [6, 6.07) is 1.74. The van der Waals surface area contributed by atoms with Crippen molar-refractivity contribution in [1.29, 1.82) is 0 Å². The van der Waals surface area contributed by atoms with Crippen LogP contribution in [0.5, 0.6) is 0 Å². The number of hydrogen-bond acceptors (Lipinski definition) is 3. The first-order chi connectivity index (χ1) is 8.41. The van der Waals surface area contributed by atoms with Gasteiger partial charge in [-0.25, -0.2) is 0 Å². The molecule has 0 aromatic carbocycles. The number of carboxylic acid groups (broad SMARTS) is 1. The van der Waals surface area contributed by atoms with E-state index in [-0.39, 0.29) is 6.42 Å². The lowest BCUT2D eigenvalue weighted by molar-refractivity contribution is -0.137. The number of rotatable bonds is 6. The highest BCUT2D eigenvalue weighted by atomic mass is 16.4. The van der Waals surface area contributed by atoms with Crippen LogP contribution in [-0.2, 0) is 4.79 Å². The summed E-state index contributed by atoms with van der Waals surface area (Å²) in [4.78, 5) is 15.5. The molecule has 106 valence electrons. The van der Waals surface area contributed by atoms with Crippen molar-refractivity contribution in [3.05, 3.63) is 0 Å². The van der Waals surface area contributed by atoms with Gasteiger partial charge in [0.05, 0.1) is 0 Å². The number of carbonyl (C=O) groups is 1. The van der Waals surface area contributed by atoms with Gasteiger partial charge in [-0.15, -0.1) is 0 Å². The summed E-state index contributed by atoms with van der Waals surface area (Å²) in [5.74, 6) is -0.685. The molecule has 1 N–H and O–H groups in total. The zero-order chi connectivity index (χ0) is 13.7. The van der Waals surface area contributed by atoms with Crippen LogP contribution < -0.4 is 0 Å². The molecule has 2 atom stereocenters. The van der Waals surface area contributed by atoms with Crippen molar-refractivity contribution >= 4 is 5.97 Å². The van der Waals surface area contributed by atoms with Gasteiger partial charge in [-0.2, -0.15) is 0 Å². The average Bonchev–Trinajstić information content (AvgIpc) is 2.27. The van der Waals surface area contributed by atoms with Gasteiger partial charge in [0.25, 0.3) is 0 Å². The van der Waals surface area contributed by atoms with E-state index in [9.17, 15) is 4.79 Å². The fourth-order valence-corrected chi connectivity index (χ4v) is 2.84. The minimum Gasteiger partial charge on any atom is -0.481 e. The van der Waals surface area contributed by atoms with Gasteiger partial charge in [-0.05, 0) is 60.2 Å². The average molecular weight is 256 g/mol. The van der Waals surface area contributed by atoms with E-state index in [1.54, 1.807) is 0 Å². The van der Waals surface area contributed by atoms with E-state index < -0.39 is 5.97 Å². The maximum absolute atomic E-state index is 10.6. The quantitative estimate of drug-likeness (QED) is 0.790. The summed E-state index contributed by atoms with van der Waals surface area (Å²) in [5, 5.41) is 8.73. The third-order valence-electron chi connectivity index (χ3n) is 4.12. The normalized spacial score (nSPS) is 25.9. The van der Waals surface area contributed by atoms with Gasteiger partial charge in [0, 0.05) is 24.5 Å². The van der Waals surface area contributed by atoms with Crippen LogP contribution in [0.15, 0.2) is 0 Å². The SMILES string of the molecule is CC1CC(N(CCCC(=O)O)C(C)C)CCN1C. The van der Waals surface area contributed by atoms with Crippen LogP contribution >= 0.6 is 0 Å². The lowest BCUT2D eigenvalue weighted by Crippen LogP contribution is -2.50. The van der Waals surface area contributed by atoms with Gasteiger partial charge >= 0.3 is 5.97 Å². The molecule has 0 radical (unpaired) electrons. The second kappa shape index (κ2) is 7.10. The predicted molar refractivity (Wildman–Crippen MR) is 73.8 cm³/mol. The molecule has 1 aliphatic rings. The summed E-state index contributed by atoms with van der Waals surface area (Å²) < 4.78 is 0. The Labute approximate surface area is 111 Å². The van der Waals surface area contributed by atoms with Crippen LogP contribution in [-0.4, -0.2) is 59.1 Å². The molecule has 0 saturated carbocycles. The van der Waals surface area contributed by atoms with Crippen molar-refractivity contribution in [3.63, 3.8) is 0 Å². The molecule has 0 amide bonds. The van der Waals surface area contributed by atoms with Crippen molar-refractivity contribution in [1.82, 2.24) is 9.80 Å². The second-order valence-electron chi connectivity index (χ2n) is 5.84. The number of nitrogens with zero attached hydrogens (tertiary/aromatic N) is 2. The van der Waals surface area contributed by atoms with Crippen LogP contribution in [0.4, 0.5) is 0 Å². The van der Waals surface area contributed by atoms with E-state index in [1.165, 1.54) is 12.8 Å². The molecule has 0 aliphatic carbocycles. The third kappa shape index (κ3) is 4.58. The van der Waals surface area contributed by atoms with E-state index in [0.29, 0.717) is 18.1 Å². The molecule has 4 heteroatoms. The largest absolute Gasteiger partial charge is 0.481 e. The van der Waals surface area contributed by atoms with E-state index in [4.69, 9.17) is 5.11 Å². The topological polar surface area (TPSA) is 43.8 Å². The first-order valence-electron chi connectivity index (χ1n) is 7.09. The van der Waals surface area contributed by atoms with Gasteiger partial charge < -0.3 is 10.0 Å². The monoisotopic (exact) mass is 256 g/mol. The maximum Gasteiger partial charge on any atom is 0.303 e. The predicted octanol–water partition coefficient (Wildman–Crippen LogP) is 2.04. The number of piperidine rings is 1. The van der Waals surface area contributed by atoms with E-state index in [2.05, 4.69) is 37.6 Å². The maximum atomic E-state index is 10.6. The van der Waals surface area contributed by atoms with Crippen LogP contribution in [0.1, 0.15) is 46.5 Å². The van der Waals surface area contributed by atoms with Crippen LogP contribution in [0.2, 0.25) is 0 Å².